The van der Waals surface area contributed by atoms with Gasteiger partial charge >= 0.3 is 11.9 Å². The van der Waals surface area contributed by atoms with Crippen molar-refractivity contribution >= 4 is 11.9 Å². The van der Waals surface area contributed by atoms with Crippen molar-refractivity contribution in [2.45, 2.75) is 46.0 Å². The van der Waals surface area contributed by atoms with Crippen molar-refractivity contribution in [2.75, 3.05) is 0 Å². The summed E-state index contributed by atoms with van der Waals surface area (Å²) in [5, 5.41) is 17.4. The molecule has 0 aliphatic rings. The molecular formula is C11H20O4. The lowest BCUT2D eigenvalue weighted by molar-refractivity contribution is -0.143. The molecule has 88 valence electrons. The van der Waals surface area contributed by atoms with Crippen LogP contribution in [0.25, 0.3) is 0 Å². The van der Waals surface area contributed by atoms with E-state index in [4.69, 9.17) is 10.2 Å². The van der Waals surface area contributed by atoms with Crippen molar-refractivity contribution in [3.63, 3.8) is 0 Å². The molecule has 2 atom stereocenters. The lowest BCUT2D eigenvalue weighted by Gasteiger charge is -2.15. The lowest BCUT2D eigenvalue weighted by Crippen LogP contribution is -2.17. The van der Waals surface area contributed by atoms with Gasteiger partial charge in [0.15, 0.2) is 0 Å². The molecule has 0 amide bonds. The van der Waals surface area contributed by atoms with Crippen LogP contribution in [0, 0.1) is 11.8 Å². The summed E-state index contributed by atoms with van der Waals surface area (Å²) < 4.78 is 0. The maximum atomic E-state index is 10.9. The van der Waals surface area contributed by atoms with E-state index in [0.717, 1.165) is 6.42 Å². The molecule has 0 radical (unpaired) electrons. The van der Waals surface area contributed by atoms with Gasteiger partial charge in [0.05, 0.1) is 5.92 Å². The highest BCUT2D eigenvalue weighted by atomic mass is 16.4. The molecule has 0 aromatic rings. The van der Waals surface area contributed by atoms with Crippen LogP contribution in [-0.4, -0.2) is 22.2 Å². The maximum absolute atomic E-state index is 10.9. The molecule has 15 heavy (non-hydrogen) atoms. The molecule has 0 aliphatic heterocycles. The molecule has 2 N–H and O–H groups in total. The van der Waals surface area contributed by atoms with E-state index in [2.05, 4.69) is 0 Å². The molecule has 0 fully saturated rings. The Hall–Kier alpha value is -1.06. The number of carboxylic acid groups (broad SMARTS) is 2. The Labute approximate surface area is 90.3 Å². The van der Waals surface area contributed by atoms with E-state index < -0.39 is 11.9 Å². The normalized spacial score (nSPS) is 14.5. The molecule has 4 nitrogen and oxygen atoms in total. The lowest BCUT2D eigenvalue weighted by atomic mass is 9.90. The second-order valence-electron chi connectivity index (χ2n) is 4.07. The van der Waals surface area contributed by atoms with Crippen LogP contribution in [0.4, 0.5) is 0 Å². The smallest absolute Gasteiger partial charge is 0.306 e. The van der Waals surface area contributed by atoms with E-state index in [0.29, 0.717) is 25.2 Å². The molecule has 0 aromatic heterocycles. The van der Waals surface area contributed by atoms with E-state index in [1.807, 2.05) is 13.8 Å². The summed E-state index contributed by atoms with van der Waals surface area (Å²) in [5.74, 6) is -1.67. The molecule has 0 aromatic carbocycles. The Balaban J connectivity index is 3.94. The molecule has 0 rings (SSSR count). The highest BCUT2D eigenvalue weighted by molar-refractivity contribution is 5.70. The van der Waals surface area contributed by atoms with Gasteiger partial charge in [-0.1, -0.05) is 20.3 Å². The number of hydrogen-bond acceptors (Lipinski definition) is 2. The summed E-state index contributed by atoms with van der Waals surface area (Å²) in [6.45, 7) is 4.05. The van der Waals surface area contributed by atoms with E-state index in [1.165, 1.54) is 0 Å². The van der Waals surface area contributed by atoms with Crippen LogP contribution in [0.2, 0.25) is 0 Å². The molecular weight excluding hydrogens is 196 g/mol. The minimum Gasteiger partial charge on any atom is -0.481 e. The molecule has 0 saturated heterocycles. The number of rotatable bonds is 8. The molecule has 4 heteroatoms. The van der Waals surface area contributed by atoms with Gasteiger partial charge < -0.3 is 10.2 Å². The third-order valence-corrected chi connectivity index (χ3v) is 2.68. The van der Waals surface area contributed by atoms with Crippen molar-refractivity contribution in [3.8, 4) is 0 Å². The zero-order chi connectivity index (χ0) is 11.8. The van der Waals surface area contributed by atoms with Gasteiger partial charge in [0.1, 0.15) is 0 Å². The van der Waals surface area contributed by atoms with Crippen LogP contribution in [0.15, 0.2) is 0 Å². The van der Waals surface area contributed by atoms with Crippen molar-refractivity contribution < 1.29 is 19.8 Å². The van der Waals surface area contributed by atoms with E-state index in [-0.39, 0.29) is 12.3 Å². The first-order valence-electron chi connectivity index (χ1n) is 5.42. The first-order chi connectivity index (χ1) is 6.97. The van der Waals surface area contributed by atoms with Gasteiger partial charge in [0.25, 0.3) is 0 Å². The Morgan fingerprint density at radius 1 is 1.27 bits per heavy atom. The van der Waals surface area contributed by atoms with E-state index in [9.17, 15) is 9.59 Å². The van der Waals surface area contributed by atoms with Gasteiger partial charge in [-0.05, 0) is 25.2 Å². The summed E-state index contributed by atoms with van der Waals surface area (Å²) in [7, 11) is 0. The Kier molecular flexibility index (Phi) is 6.75. The van der Waals surface area contributed by atoms with Crippen molar-refractivity contribution in [2.24, 2.45) is 11.8 Å². The summed E-state index contributed by atoms with van der Waals surface area (Å²) in [5.41, 5.74) is 0. The molecule has 0 saturated carbocycles. The summed E-state index contributed by atoms with van der Waals surface area (Å²) in [6, 6.07) is 0. The third kappa shape index (κ3) is 6.94. The first-order valence-corrected chi connectivity index (χ1v) is 5.42. The van der Waals surface area contributed by atoms with Gasteiger partial charge in [-0.3, -0.25) is 9.59 Å². The number of aliphatic carboxylic acids is 2. The van der Waals surface area contributed by atoms with Crippen LogP contribution in [0.1, 0.15) is 46.0 Å². The van der Waals surface area contributed by atoms with Crippen LogP contribution < -0.4 is 0 Å². The third-order valence-electron chi connectivity index (χ3n) is 2.68. The maximum Gasteiger partial charge on any atom is 0.306 e. The zero-order valence-corrected chi connectivity index (χ0v) is 9.40. The minimum atomic E-state index is -0.859. The van der Waals surface area contributed by atoms with Crippen LogP contribution in [-0.2, 0) is 9.59 Å². The molecule has 0 heterocycles. The van der Waals surface area contributed by atoms with Crippen molar-refractivity contribution in [1.29, 1.82) is 0 Å². The average Bonchev–Trinajstić information content (AvgIpc) is 2.15. The summed E-state index contributed by atoms with van der Waals surface area (Å²) in [6.07, 6.45) is 2.58. The minimum absolute atomic E-state index is 0.0598. The van der Waals surface area contributed by atoms with Gasteiger partial charge in [-0.25, -0.2) is 0 Å². The predicted molar refractivity (Wildman–Crippen MR) is 56.7 cm³/mol. The number of hydrogen-bond donors (Lipinski definition) is 2. The molecule has 0 spiro atoms. The SMILES string of the molecule is CCC(C)CC(CCCC(=O)O)C(=O)O. The van der Waals surface area contributed by atoms with Crippen LogP contribution in [0.3, 0.4) is 0 Å². The van der Waals surface area contributed by atoms with Crippen LogP contribution >= 0.6 is 0 Å². The van der Waals surface area contributed by atoms with Gasteiger partial charge in [-0.2, -0.15) is 0 Å². The van der Waals surface area contributed by atoms with Gasteiger partial charge in [0, 0.05) is 6.42 Å². The fraction of sp³-hybridized carbons (Fsp3) is 0.818. The van der Waals surface area contributed by atoms with Crippen LogP contribution in [0.5, 0.6) is 0 Å². The highest BCUT2D eigenvalue weighted by Crippen LogP contribution is 2.20. The zero-order valence-electron chi connectivity index (χ0n) is 9.40. The predicted octanol–water partition coefficient (Wildman–Crippen LogP) is 2.38. The summed E-state index contributed by atoms with van der Waals surface area (Å²) in [4.78, 5) is 21.2. The Morgan fingerprint density at radius 3 is 2.27 bits per heavy atom. The standard InChI is InChI=1S/C11H20O4/c1-3-8(2)7-9(11(14)15)5-4-6-10(12)13/h8-9H,3-7H2,1-2H3,(H,12,13)(H,14,15). The Morgan fingerprint density at radius 2 is 1.87 bits per heavy atom. The van der Waals surface area contributed by atoms with E-state index >= 15 is 0 Å². The quantitative estimate of drug-likeness (QED) is 0.653. The monoisotopic (exact) mass is 216 g/mol. The van der Waals surface area contributed by atoms with E-state index in [1.54, 1.807) is 0 Å². The fourth-order valence-corrected chi connectivity index (χ4v) is 1.49. The first kappa shape index (κ1) is 13.9. The van der Waals surface area contributed by atoms with Gasteiger partial charge in [-0.15, -0.1) is 0 Å². The molecule has 0 bridgehead atoms. The topological polar surface area (TPSA) is 74.6 Å². The number of carboxylic acids is 2. The molecule has 0 aliphatic carbocycles. The fourth-order valence-electron chi connectivity index (χ4n) is 1.49. The second-order valence-corrected chi connectivity index (χ2v) is 4.07. The van der Waals surface area contributed by atoms with Crippen molar-refractivity contribution in [1.82, 2.24) is 0 Å². The van der Waals surface area contributed by atoms with Gasteiger partial charge in [0.2, 0.25) is 0 Å². The van der Waals surface area contributed by atoms with Crippen molar-refractivity contribution in [3.05, 3.63) is 0 Å². The highest BCUT2D eigenvalue weighted by Gasteiger charge is 2.19. The second kappa shape index (κ2) is 7.26. The average molecular weight is 216 g/mol. The Bertz CT molecular complexity index is 213. The summed E-state index contributed by atoms with van der Waals surface area (Å²) >= 11 is 0. The largest absolute Gasteiger partial charge is 0.481 e. The molecule has 2 unspecified atom stereocenters. The number of carbonyl (C=O) groups is 2.